The van der Waals surface area contributed by atoms with Crippen molar-refractivity contribution in [2.45, 2.75) is 96.8 Å². The predicted molar refractivity (Wildman–Crippen MR) is 95.7 cm³/mol. The van der Waals surface area contributed by atoms with Crippen LogP contribution in [0.2, 0.25) is 0 Å². The molecule has 128 valence electrons. The monoisotopic (exact) mass is 308 g/mol. The van der Waals surface area contributed by atoms with Gasteiger partial charge in [-0.1, -0.05) is 77.0 Å². The number of carbonyl (C=O) groups excluding carboxylic acids is 1. The maximum absolute atomic E-state index is 11.1. The van der Waals surface area contributed by atoms with Gasteiger partial charge in [0.2, 0.25) is 0 Å². The van der Waals surface area contributed by atoms with Crippen LogP contribution in [0.4, 0.5) is 0 Å². The van der Waals surface area contributed by atoms with Gasteiger partial charge in [0, 0.05) is 6.42 Å². The average Bonchev–Trinajstić information content (AvgIpc) is 2.51. The summed E-state index contributed by atoms with van der Waals surface area (Å²) in [6, 6.07) is 0. The van der Waals surface area contributed by atoms with Gasteiger partial charge in [0.15, 0.2) is 0 Å². The highest BCUT2D eigenvalue weighted by Crippen LogP contribution is 2.10. The lowest BCUT2D eigenvalue weighted by Crippen LogP contribution is -1.98. The van der Waals surface area contributed by atoms with Crippen molar-refractivity contribution in [1.82, 2.24) is 0 Å². The highest BCUT2D eigenvalue weighted by molar-refractivity contribution is 5.69. The van der Waals surface area contributed by atoms with Gasteiger partial charge in [0.1, 0.15) is 0 Å². The van der Waals surface area contributed by atoms with Gasteiger partial charge in [-0.05, 0) is 32.1 Å². The Balaban J connectivity index is 3.14. The molecule has 0 spiro atoms. The van der Waals surface area contributed by atoms with Gasteiger partial charge in [-0.25, -0.2) is 0 Å². The van der Waals surface area contributed by atoms with Crippen LogP contribution in [-0.2, 0) is 9.53 Å². The molecule has 0 aromatic heterocycles. The fraction of sp³-hybridized carbons (Fsp3) is 0.750. The Hall–Kier alpha value is -1.05. The first-order valence-corrected chi connectivity index (χ1v) is 9.26. The number of esters is 1. The van der Waals surface area contributed by atoms with Gasteiger partial charge in [-0.15, -0.1) is 0 Å². The molecule has 0 atom stereocenters. The number of rotatable bonds is 16. The summed E-state index contributed by atoms with van der Waals surface area (Å²) in [5, 5.41) is 0. The maximum Gasteiger partial charge on any atom is 0.310 e. The second kappa shape index (κ2) is 18.0. The van der Waals surface area contributed by atoms with E-state index in [4.69, 9.17) is 0 Å². The zero-order valence-electron chi connectivity index (χ0n) is 14.7. The normalized spacial score (nSPS) is 11.0. The summed E-state index contributed by atoms with van der Waals surface area (Å²) in [6.45, 7) is 5.64. The van der Waals surface area contributed by atoms with E-state index < -0.39 is 0 Å². The molecule has 0 aromatic carbocycles. The average molecular weight is 309 g/mol. The Morgan fingerprint density at radius 1 is 0.818 bits per heavy atom. The first-order valence-electron chi connectivity index (χ1n) is 9.26. The van der Waals surface area contributed by atoms with E-state index in [1.165, 1.54) is 76.9 Å². The summed E-state index contributed by atoms with van der Waals surface area (Å²) in [4.78, 5) is 11.1. The Bertz CT molecular complexity index is 281. The summed E-state index contributed by atoms with van der Waals surface area (Å²) in [7, 11) is 0. The topological polar surface area (TPSA) is 26.3 Å². The van der Waals surface area contributed by atoms with E-state index in [1.807, 2.05) is 0 Å². The fourth-order valence-electron chi connectivity index (χ4n) is 2.49. The molecule has 2 heteroatoms. The standard InChI is InChI=1S/C20H36O2/c1-3-5-6-7-8-9-10-11-12-13-14-15-16-17-18-19-20(21)22-4-2/h4,11-12H,2-3,5-10,13-19H2,1H3. The number of carbonyl (C=O) groups is 1. The Morgan fingerprint density at radius 3 is 1.86 bits per heavy atom. The summed E-state index contributed by atoms with van der Waals surface area (Å²) in [5.74, 6) is -0.160. The van der Waals surface area contributed by atoms with Crippen LogP contribution in [0.25, 0.3) is 0 Å². The van der Waals surface area contributed by atoms with Crippen molar-refractivity contribution in [3.8, 4) is 0 Å². The van der Waals surface area contributed by atoms with Crippen LogP contribution < -0.4 is 0 Å². The highest BCUT2D eigenvalue weighted by Gasteiger charge is 1.99. The predicted octanol–water partition coefficient (Wildman–Crippen LogP) is 6.71. The molecule has 0 amide bonds. The largest absolute Gasteiger partial charge is 0.435 e. The van der Waals surface area contributed by atoms with Crippen LogP contribution >= 0.6 is 0 Å². The number of hydrogen-bond donors (Lipinski definition) is 0. The van der Waals surface area contributed by atoms with E-state index >= 15 is 0 Å². The molecule has 0 radical (unpaired) electrons. The fourth-order valence-corrected chi connectivity index (χ4v) is 2.49. The van der Waals surface area contributed by atoms with E-state index in [0.717, 1.165) is 12.8 Å². The highest BCUT2D eigenvalue weighted by atomic mass is 16.5. The van der Waals surface area contributed by atoms with Crippen molar-refractivity contribution in [2.24, 2.45) is 0 Å². The van der Waals surface area contributed by atoms with Crippen molar-refractivity contribution >= 4 is 5.97 Å². The van der Waals surface area contributed by atoms with Crippen LogP contribution in [-0.4, -0.2) is 5.97 Å². The molecular formula is C20H36O2. The lowest BCUT2D eigenvalue weighted by Gasteiger charge is -2.00. The third-order valence-corrected chi connectivity index (χ3v) is 3.86. The lowest BCUT2D eigenvalue weighted by molar-refractivity contribution is -0.138. The zero-order chi connectivity index (χ0) is 16.3. The summed E-state index contributed by atoms with van der Waals surface area (Å²) >= 11 is 0. The molecule has 0 aliphatic carbocycles. The van der Waals surface area contributed by atoms with Gasteiger partial charge >= 0.3 is 5.97 Å². The van der Waals surface area contributed by atoms with E-state index in [1.54, 1.807) is 0 Å². The summed E-state index contributed by atoms with van der Waals surface area (Å²) in [6.07, 6.45) is 22.9. The van der Waals surface area contributed by atoms with Crippen molar-refractivity contribution in [3.63, 3.8) is 0 Å². The zero-order valence-corrected chi connectivity index (χ0v) is 14.7. The molecule has 0 aliphatic heterocycles. The van der Waals surface area contributed by atoms with Crippen molar-refractivity contribution in [2.75, 3.05) is 0 Å². The van der Waals surface area contributed by atoms with E-state index in [0.29, 0.717) is 6.42 Å². The number of hydrogen-bond acceptors (Lipinski definition) is 2. The third-order valence-electron chi connectivity index (χ3n) is 3.86. The molecule has 22 heavy (non-hydrogen) atoms. The van der Waals surface area contributed by atoms with Gasteiger partial charge in [0.25, 0.3) is 0 Å². The van der Waals surface area contributed by atoms with Gasteiger partial charge in [-0.2, -0.15) is 0 Å². The molecule has 0 aromatic rings. The van der Waals surface area contributed by atoms with Crippen LogP contribution in [0.1, 0.15) is 96.8 Å². The molecule has 0 fully saturated rings. The number of unbranched alkanes of at least 4 members (excludes halogenated alkanes) is 11. The molecule has 0 N–H and O–H groups in total. The van der Waals surface area contributed by atoms with Gasteiger partial charge in [-0.3, -0.25) is 4.79 Å². The second-order valence-electron chi connectivity index (χ2n) is 5.99. The third kappa shape index (κ3) is 17.0. The summed E-state index contributed by atoms with van der Waals surface area (Å²) < 4.78 is 4.68. The molecule has 0 heterocycles. The molecule has 0 rings (SSSR count). The Morgan fingerprint density at radius 2 is 1.32 bits per heavy atom. The van der Waals surface area contributed by atoms with Crippen molar-refractivity contribution < 1.29 is 9.53 Å². The SMILES string of the molecule is C=COC(=O)CCCCCCCC=CCCCCCCCC. The molecular weight excluding hydrogens is 272 g/mol. The molecule has 0 aliphatic rings. The van der Waals surface area contributed by atoms with Crippen LogP contribution in [0.3, 0.4) is 0 Å². The maximum atomic E-state index is 11.1. The lowest BCUT2D eigenvalue weighted by atomic mass is 10.1. The minimum Gasteiger partial charge on any atom is -0.435 e. The van der Waals surface area contributed by atoms with Crippen molar-refractivity contribution in [1.29, 1.82) is 0 Å². The Kier molecular flexibility index (Phi) is 17.1. The van der Waals surface area contributed by atoms with E-state index in [2.05, 4.69) is 30.4 Å². The van der Waals surface area contributed by atoms with E-state index in [9.17, 15) is 4.79 Å². The summed E-state index contributed by atoms with van der Waals surface area (Å²) in [5.41, 5.74) is 0. The van der Waals surface area contributed by atoms with Gasteiger partial charge < -0.3 is 4.74 Å². The molecule has 0 saturated heterocycles. The second-order valence-corrected chi connectivity index (χ2v) is 5.99. The van der Waals surface area contributed by atoms with Crippen LogP contribution in [0, 0.1) is 0 Å². The quantitative estimate of drug-likeness (QED) is 0.137. The molecule has 0 bridgehead atoms. The minimum atomic E-state index is -0.160. The van der Waals surface area contributed by atoms with Crippen LogP contribution in [0.15, 0.2) is 25.0 Å². The van der Waals surface area contributed by atoms with Crippen LogP contribution in [0.5, 0.6) is 0 Å². The smallest absolute Gasteiger partial charge is 0.310 e. The first kappa shape index (κ1) is 20.9. The van der Waals surface area contributed by atoms with E-state index in [-0.39, 0.29) is 5.97 Å². The van der Waals surface area contributed by atoms with Gasteiger partial charge in [0.05, 0.1) is 6.26 Å². The Labute approximate surface area is 138 Å². The van der Waals surface area contributed by atoms with Crippen molar-refractivity contribution in [3.05, 3.63) is 25.0 Å². The minimum absolute atomic E-state index is 0.160. The number of ether oxygens (including phenoxy) is 1. The molecule has 2 nitrogen and oxygen atoms in total. The first-order chi connectivity index (χ1) is 10.8. The molecule has 0 unspecified atom stereocenters. The number of allylic oxidation sites excluding steroid dienone is 2. The molecule has 0 saturated carbocycles.